The Balaban J connectivity index is 2.02. The number of amides is 1. The normalized spacial score (nSPS) is 14.0. The van der Waals surface area contributed by atoms with Crippen LogP contribution in [0.4, 0.5) is 4.79 Å². The highest BCUT2D eigenvalue weighted by molar-refractivity contribution is 5.68. The first-order valence-electron chi connectivity index (χ1n) is 9.02. The molecule has 1 fully saturated rings. The second kappa shape index (κ2) is 9.07. The number of hydrogen-bond donors (Lipinski definition) is 0. The number of methoxy groups -OCH3 is 1. The molecule has 0 aliphatic heterocycles. The number of hydrogen-bond acceptors (Lipinski definition) is 3. The quantitative estimate of drug-likeness (QED) is 0.631. The van der Waals surface area contributed by atoms with Gasteiger partial charge < -0.3 is 14.4 Å². The molecule has 0 atom stereocenters. The van der Waals surface area contributed by atoms with Crippen LogP contribution in [0, 0.1) is 12.8 Å². The van der Waals surface area contributed by atoms with E-state index in [1.807, 2.05) is 4.90 Å². The minimum Gasteiger partial charge on any atom is -0.449 e. The Bertz CT molecular complexity index is 538. The second-order valence-electron chi connectivity index (χ2n) is 7.19. The van der Waals surface area contributed by atoms with Crippen molar-refractivity contribution in [2.75, 3.05) is 20.3 Å². The van der Waals surface area contributed by atoms with Crippen LogP contribution in [0.2, 0.25) is 0 Å². The van der Waals surface area contributed by atoms with Gasteiger partial charge in [0.15, 0.2) is 0 Å². The van der Waals surface area contributed by atoms with Crippen molar-refractivity contribution in [3.8, 4) is 0 Å². The van der Waals surface area contributed by atoms with Gasteiger partial charge in [-0.05, 0) is 55.2 Å². The van der Waals surface area contributed by atoms with Gasteiger partial charge >= 0.3 is 6.09 Å². The SMILES string of the molecule is COCCCc1ccc(C)c(CN(C(=O)OCC(C)C)C2CC2)c1. The summed E-state index contributed by atoms with van der Waals surface area (Å²) < 4.78 is 10.6. The average molecular weight is 333 g/mol. The number of ether oxygens (including phenoxy) is 2. The molecule has 1 aliphatic carbocycles. The molecule has 4 heteroatoms. The number of benzene rings is 1. The lowest BCUT2D eigenvalue weighted by Crippen LogP contribution is -2.34. The van der Waals surface area contributed by atoms with E-state index in [0.29, 0.717) is 25.1 Å². The van der Waals surface area contributed by atoms with Crippen LogP contribution in [0.3, 0.4) is 0 Å². The summed E-state index contributed by atoms with van der Waals surface area (Å²) in [5.41, 5.74) is 3.75. The smallest absolute Gasteiger partial charge is 0.410 e. The monoisotopic (exact) mass is 333 g/mol. The van der Waals surface area contributed by atoms with Gasteiger partial charge in [0.25, 0.3) is 0 Å². The number of nitrogens with zero attached hydrogens (tertiary/aromatic N) is 1. The molecule has 1 aliphatic rings. The molecule has 0 aromatic heterocycles. The van der Waals surface area contributed by atoms with Crippen molar-refractivity contribution in [1.29, 1.82) is 0 Å². The Morgan fingerprint density at radius 2 is 2.08 bits per heavy atom. The van der Waals surface area contributed by atoms with Crippen LogP contribution in [-0.2, 0) is 22.4 Å². The highest BCUT2D eigenvalue weighted by Gasteiger charge is 2.33. The maximum absolute atomic E-state index is 12.4. The Hall–Kier alpha value is -1.55. The highest BCUT2D eigenvalue weighted by atomic mass is 16.6. The molecule has 0 N–H and O–H groups in total. The molecule has 1 amide bonds. The maximum atomic E-state index is 12.4. The van der Waals surface area contributed by atoms with Crippen LogP contribution in [0.1, 0.15) is 49.8 Å². The van der Waals surface area contributed by atoms with Crippen molar-refractivity contribution in [3.05, 3.63) is 34.9 Å². The molecule has 24 heavy (non-hydrogen) atoms. The van der Waals surface area contributed by atoms with Gasteiger partial charge in [0, 0.05) is 26.3 Å². The molecule has 0 bridgehead atoms. The molecule has 4 nitrogen and oxygen atoms in total. The molecular weight excluding hydrogens is 302 g/mol. The summed E-state index contributed by atoms with van der Waals surface area (Å²) in [6.07, 6.45) is 4.02. The van der Waals surface area contributed by atoms with Gasteiger partial charge in [-0.1, -0.05) is 32.0 Å². The van der Waals surface area contributed by atoms with Crippen molar-refractivity contribution in [1.82, 2.24) is 4.90 Å². The molecular formula is C20H31NO3. The van der Waals surface area contributed by atoms with Gasteiger partial charge in [-0.3, -0.25) is 0 Å². The van der Waals surface area contributed by atoms with E-state index >= 15 is 0 Å². The number of rotatable bonds is 9. The van der Waals surface area contributed by atoms with E-state index < -0.39 is 0 Å². The standard InChI is InChI=1S/C20H31NO3/c1-15(2)14-24-20(22)21(19-9-10-19)13-18-12-17(6-5-11-23-4)8-7-16(18)3/h7-8,12,15,19H,5-6,9-11,13-14H2,1-4H3. The fourth-order valence-electron chi connectivity index (χ4n) is 2.70. The van der Waals surface area contributed by atoms with Gasteiger partial charge in [-0.25, -0.2) is 4.79 Å². The summed E-state index contributed by atoms with van der Waals surface area (Å²) >= 11 is 0. The van der Waals surface area contributed by atoms with E-state index in [1.54, 1.807) is 7.11 Å². The predicted molar refractivity (Wildman–Crippen MR) is 96.1 cm³/mol. The molecule has 0 saturated heterocycles. The van der Waals surface area contributed by atoms with E-state index in [-0.39, 0.29) is 6.09 Å². The topological polar surface area (TPSA) is 38.8 Å². The lowest BCUT2D eigenvalue weighted by Gasteiger charge is -2.23. The first kappa shape index (κ1) is 18.8. The highest BCUT2D eigenvalue weighted by Crippen LogP contribution is 2.30. The summed E-state index contributed by atoms with van der Waals surface area (Å²) in [6, 6.07) is 6.91. The fraction of sp³-hybridized carbons (Fsp3) is 0.650. The number of carbonyl (C=O) groups is 1. The van der Waals surface area contributed by atoms with Gasteiger partial charge in [0.2, 0.25) is 0 Å². The van der Waals surface area contributed by atoms with Crippen molar-refractivity contribution >= 4 is 6.09 Å². The first-order valence-corrected chi connectivity index (χ1v) is 9.02. The summed E-state index contributed by atoms with van der Waals surface area (Å²) in [5.74, 6) is 0.362. The second-order valence-corrected chi connectivity index (χ2v) is 7.19. The van der Waals surface area contributed by atoms with E-state index in [4.69, 9.17) is 9.47 Å². The van der Waals surface area contributed by atoms with Crippen LogP contribution in [0.5, 0.6) is 0 Å². The van der Waals surface area contributed by atoms with Crippen LogP contribution in [0.15, 0.2) is 18.2 Å². The summed E-state index contributed by atoms with van der Waals surface area (Å²) in [4.78, 5) is 14.3. The van der Waals surface area contributed by atoms with Crippen LogP contribution < -0.4 is 0 Å². The number of carbonyl (C=O) groups excluding carboxylic acids is 1. The molecule has 134 valence electrons. The van der Waals surface area contributed by atoms with Crippen molar-refractivity contribution in [3.63, 3.8) is 0 Å². The van der Waals surface area contributed by atoms with Crippen LogP contribution in [-0.4, -0.2) is 37.4 Å². The van der Waals surface area contributed by atoms with Crippen molar-refractivity contribution in [2.24, 2.45) is 5.92 Å². The van der Waals surface area contributed by atoms with Gasteiger partial charge in [0.1, 0.15) is 0 Å². The third kappa shape index (κ3) is 5.82. The van der Waals surface area contributed by atoms with Crippen LogP contribution >= 0.6 is 0 Å². The lowest BCUT2D eigenvalue weighted by molar-refractivity contribution is 0.0870. The molecule has 1 aromatic carbocycles. The zero-order valence-corrected chi connectivity index (χ0v) is 15.5. The van der Waals surface area contributed by atoms with Crippen molar-refractivity contribution in [2.45, 2.75) is 59.0 Å². The maximum Gasteiger partial charge on any atom is 0.410 e. The Kier molecular flexibility index (Phi) is 7.10. The Morgan fingerprint density at radius 3 is 2.71 bits per heavy atom. The fourth-order valence-corrected chi connectivity index (χ4v) is 2.70. The molecule has 1 aromatic rings. The summed E-state index contributed by atoms with van der Waals surface area (Å²) in [7, 11) is 1.73. The Morgan fingerprint density at radius 1 is 1.33 bits per heavy atom. The van der Waals surface area contributed by atoms with Gasteiger partial charge in [0.05, 0.1) is 6.61 Å². The lowest BCUT2D eigenvalue weighted by atomic mass is 10.0. The third-order valence-electron chi connectivity index (χ3n) is 4.33. The zero-order chi connectivity index (χ0) is 17.5. The molecule has 0 radical (unpaired) electrons. The van der Waals surface area contributed by atoms with Gasteiger partial charge in [-0.15, -0.1) is 0 Å². The van der Waals surface area contributed by atoms with E-state index in [2.05, 4.69) is 39.0 Å². The molecule has 0 spiro atoms. The zero-order valence-electron chi connectivity index (χ0n) is 15.5. The third-order valence-corrected chi connectivity index (χ3v) is 4.33. The first-order chi connectivity index (χ1) is 11.5. The van der Waals surface area contributed by atoms with Gasteiger partial charge in [-0.2, -0.15) is 0 Å². The molecule has 0 unspecified atom stereocenters. The Labute approximate surface area is 146 Å². The minimum absolute atomic E-state index is 0.171. The van der Waals surface area contributed by atoms with E-state index in [1.165, 1.54) is 16.7 Å². The number of aryl methyl sites for hydroxylation is 2. The average Bonchev–Trinajstić information content (AvgIpc) is 3.37. The summed E-state index contributed by atoms with van der Waals surface area (Å²) in [6.45, 7) is 8.13. The largest absolute Gasteiger partial charge is 0.449 e. The van der Waals surface area contributed by atoms with E-state index in [0.717, 1.165) is 32.3 Å². The van der Waals surface area contributed by atoms with Crippen LogP contribution in [0.25, 0.3) is 0 Å². The minimum atomic E-state index is -0.171. The van der Waals surface area contributed by atoms with Crippen molar-refractivity contribution < 1.29 is 14.3 Å². The molecule has 2 rings (SSSR count). The van der Waals surface area contributed by atoms with E-state index in [9.17, 15) is 4.79 Å². The summed E-state index contributed by atoms with van der Waals surface area (Å²) in [5, 5.41) is 0. The molecule has 1 saturated carbocycles. The molecule has 0 heterocycles. The predicted octanol–water partition coefficient (Wildman–Crippen LogP) is 4.33.